The highest BCUT2D eigenvalue weighted by Crippen LogP contribution is 2.21. The van der Waals surface area contributed by atoms with E-state index in [4.69, 9.17) is 15.4 Å². The number of rotatable bonds is 5. The van der Waals surface area contributed by atoms with Crippen molar-refractivity contribution in [3.05, 3.63) is 40.4 Å². The minimum absolute atomic E-state index is 0.0482. The first kappa shape index (κ1) is 17.1. The predicted molar refractivity (Wildman–Crippen MR) is 87.5 cm³/mol. The average molecular weight is 321 g/mol. The molecule has 0 saturated carbocycles. The molecule has 0 bridgehead atoms. The van der Waals surface area contributed by atoms with Crippen molar-refractivity contribution in [3.63, 3.8) is 0 Å². The van der Waals surface area contributed by atoms with Crippen LogP contribution in [0.3, 0.4) is 0 Å². The molecule has 0 saturated heterocycles. The molecule has 0 aromatic heterocycles. The molecule has 0 aliphatic carbocycles. The van der Waals surface area contributed by atoms with Crippen molar-refractivity contribution in [1.82, 2.24) is 5.32 Å². The number of ether oxygens (including phenoxy) is 1. The van der Waals surface area contributed by atoms with Crippen LogP contribution in [0.2, 0.25) is 0 Å². The normalized spacial score (nSPS) is 11.1. The van der Waals surface area contributed by atoms with Crippen molar-refractivity contribution in [1.29, 1.82) is 10.7 Å². The van der Waals surface area contributed by atoms with E-state index in [1.807, 2.05) is 30.3 Å². The fourth-order valence-corrected chi connectivity index (χ4v) is 2.58. The SMILES string of the molecule is COc1ccc(CSC(=N)/C(C#N)=C(\S)NC(C)=O)cc1. The van der Waals surface area contributed by atoms with Gasteiger partial charge in [-0.1, -0.05) is 12.1 Å². The van der Waals surface area contributed by atoms with Gasteiger partial charge in [-0.3, -0.25) is 10.2 Å². The lowest BCUT2D eigenvalue weighted by atomic mass is 10.2. The van der Waals surface area contributed by atoms with E-state index >= 15 is 0 Å². The molecular formula is C14H15N3O2S2. The number of methoxy groups -OCH3 is 1. The lowest BCUT2D eigenvalue weighted by Crippen LogP contribution is -2.18. The third-order valence-electron chi connectivity index (χ3n) is 2.41. The molecule has 2 N–H and O–H groups in total. The smallest absolute Gasteiger partial charge is 0.221 e. The highest BCUT2D eigenvalue weighted by Gasteiger charge is 2.11. The van der Waals surface area contributed by atoms with Crippen molar-refractivity contribution >= 4 is 35.3 Å². The number of hydrogen-bond donors (Lipinski definition) is 3. The largest absolute Gasteiger partial charge is 0.497 e. The maximum Gasteiger partial charge on any atom is 0.221 e. The van der Waals surface area contributed by atoms with Crippen molar-refractivity contribution in [3.8, 4) is 11.8 Å². The molecule has 0 heterocycles. The van der Waals surface area contributed by atoms with Crippen LogP contribution in [0.5, 0.6) is 5.75 Å². The molecule has 1 rings (SSSR count). The van der Waals surface area contributed by atoms with E-state index in [1.54, 1.807) is 7.11 Å². The summed E-state index contributed by atoms with van der Waals surface area (Å²) in [7, 11) is 1.60. The molecule has 0 aliphatic heterocycles. The van der Waals surface area contributed by atoms with Crippen LogP contribution in [0, 0.1) is 16.7 Å². The summed E-state index contributed by atoms with van der Waals surface area (Å²) in [6, 6.07) is 9.34. The molecule has 0 aliphatic rings. The molecule has 0 spiro atoms. The van der Waals surface area contributed by atoms with Gasteiger partial charge in [0.05, 0.1) is 12.1 Å². The Hall–Kier alpha value is -1.91. The minimum Gasteiger partial charge on any atom is -0.497 e. The molecule has 7 heteroatoms. The lowest BCUT2D eigenvalue weighted by molar-refractivity contribution is -0.118. The molecule has 1 amide bonds. The summed E-state index contributed by atoms with van der Waals surface area (Å²) in [5, 5.41) is 19.5. The summed E-state index contributed by atoms with van der Waals surface area (Å²) in [6.45, 7) is 1.32. The zero-order chi connectivity index (χ0) is 15.8. The number of hydrogen-bond acceptors (Lipinski definition) is 6. The Morgan fingerprint density at radius 2 is 2.10 bits per heavy atom. The third kappa shape index (κ3) is 5.53. The van der Waals surface area contributed by atoms with Gasteiger partial charge in [-0.2, -0.15) is 5.26 Å². The quantitative estimate of drug-likeness (QED) is 0.337. The number of carbonyl (C=O) groups excluding carboxylic acids is 1. The Labute approximate surface area is 133 Å². The van der Waals surface area contributed by atoms with Crippen molar-refractivity contribution in [2.75, 3.05) is 7.11 Å². The van der Waals surface area contributed by atoms with Gasteiger partial charge in [0, 0.05) is 12.7 Å². The second-order valence-electron chi connectivity index (χ2n) is 3.98. The van der Waals surface area contributed by atoms with Crippen molar-refractivity contribution < 1.29 is 9.53 Å². The van der Waals surface area contributed by atoms with Gasteiger partial charge in [-0.15, -0.1) is 24.4 Å². The highest BCUT2D eigenvalue weighted by atomic mass is 32.2. The predicted octanol–water partition coefficient (Wildman–Crippen LogP) is 2.71. The van der Waals surface area contributed by atoms with Gasteiger partial charge in [-0.05, 0) is 17.7 Å². The van der Waals surface area contributed by atoms with Crippen molar-refractivity contribution in [2.45, 2.75) is 12.7 Å². The van der Waals surface area contributed by atoms with E-state index in [0.29, 0.717) is 5.75 Å². The Morgan fingerprint density at radius 1 is 1.48 bits per heavy atom. The standard InChI is InChI=1S/C14H15N3O2S2/c1-9(18)17-14(20)12(7-15)13(16)21-8-10-3-5-11(19-2)6-4-10/h3-6,16,20H,8H2,1-2H3,(H,17,18)/b14-12-,16-13?. The topological polar surface area (TPSA) is 86.0 Å². The summed E-state index contributed by atoms with van der Waals surface area (Å²) >= 11 is 5.24. The van der Waals surface area contributed by atoms with Crippen LogP contribution in [0.1, 0.15) is 12.5 Å². The van der Waals surface area contributed by atoms with Gasteiger partial charge < -0.3 is 10.1 Å². The van der Waals surface area contributed by atoms with Gasteiger partial charge in [-0.25, -0.2) is 0 Å². The molecule has 110 valence electrons. The van der Waals surface area contributed by atoms with Crippen LogP contribution in [0.25, 0.3) is 0 Å². The zero-order valence-electron chi connectivity index (χ0n) is 11.6. The van der Waals surface area contributed by atoms with Crippen LogP contribution in [0.15, 0.2) is 34.9 Å². The van der Waals surface area contributed by atoms with E-state index < -0.39 is 0 Å². The van der Waals surface area contributed by atoms with E-state index in [0.717, 1.165) is 11.3 Å². The fraction of sp³-hybridized carbons (Fsp3) is 0.214. The molecular weight excluding hydrogens is 306 g/mol. The molecule has 1 aromatic carbocycles. The Morgan fingerprint density at radius 3 is 2.57 bits per heavy atom. The summed E-state index contributed by atoms with van der Waals surface area (Å²) < 4.78 is 5.07. The number of benzene rings is 1. The van der Waals surface area contributed by atoms with Gasteiger partial charge >= 0.3 is 0 Å². The van der Waals surface area contributed by atoms with Gasteiger partial charge in [0.2, 0.25) is 5.91 Å². The number of nitrogens with one attached hydrogen (secondary N) is 2. The average Bonchev–Trinajstić information content (AvgIpc) is 2.45. The first-order valence-electron chi connectivity index (χ1n) is 5.93. The molecule has 0 unspecified atom stereocenters. The highest BCUT2D eigenvalue weighted by molar-refractivity contribution is 8.13. The van der Waals surface area contributed by atoms with Gasteiger partial charge in [0.1, 0.15) is 22.4 Å². The lowest BCUT2D eigenvalue weighted by Gasteiger charge is -2.07. The summed E-state index contributed by atoms with van der Waals surface area (Å²) in [6.07, 6.45) is 0. The summed E-state index contributed by atoms with van der Waals surface area (Å²) in [5.74, 6) is 0.968. The van der Waals surface area contributed by atoms with E-state index in [1.165, 1.54) is 18.7 Å². The number of thioether (sulfide) groups is 1. The van der Waals surface area contributed by atoms with E-state index in [2.05, 4.69) is 17.9 Å². The van der Waals surface area contributed by atoms with Crippen LogP contribution < -0.4 is 10.1 Å². The van der Waals surface area contributed by atoms with Gasteiger partial charge in [0.15, 0.2) is 0 Å². The van der Waals surface area contributed by atoms with Crippen LogP contribution in [0.4, 0.5) is 0 Å². The maximum atomic E-state index is 10.9. The van der Waals surface area contributed by atoms with Crippen LogP contribution >= 0.6 is 24.4 Å². The number of nitrogens with zero attached hydrogens (tertiary/aromatic N) is 1. The molecule has 21 heavy (non-hydrogen) atoms. The van der Waals surface area contributed by atoms with Crippen LogP contribution in [-0.2, 0) is 10.5 Å². The monoisotopic (exact) mass is 321 g/mol. The first-order chi connectivity index (χ1) is 9.97. The van der Waals surface area contributed by atoms with Gasteiger partial charge in [0.25, 0.3) is 0 Å². The van der Waals surface area contributed by atoms with Crippen molar-refractivity contribution in [2.24, 2.45) is 0 Å². The second-order valence-corrected chi connectivity index (χ2v) is 5.42. The number of carbonyl (C=O) groups is 1. The Kier molecular flexibility index (Phi) is 6.85. The van der Waals surface area contributed by atoms with Crippen LogP contribution in [-0.4, -0.2) is 18.1 Å². The third-order valence-corrected chi connectivity index (χ3v) is 3.72. The zero-order valence-corrected chi connectivity index (χ0v) is 13.3. The fourth-order valence-electron chi connectivity index (χ4n) is 1.39. The molecule has 0 fully saturated rings. The number of thiol groups is 1. The Balaban J connectivity index is 2.70. The number of amides is 1. The molecule has 0 atom stereocenters. The molecule has 5 nitrogen and oxygen atoms in total. The molecule has 0 radical (unpaired) electrons. The Bertz CT molecular complexity index is 604. The second kappa shape index (κ2) is 8.39. The summed E-state index contributed by atoms with van der Waals surface area (Å²) in [5.41, 5.74) is 1.05. The summed E-state index contributed by atoms with van der Waals surface area (Å²) in [4.78, 5) is 10.9. The van der Waals surface area contributed by atoms with E-state index in [-0.39, 0.29) is 21.6 Å². The molecule has 1 aromatic rings. The maximum absolute atomic E-state index is 10.9. The van der Waals surface area contributed by atoms with E-state index in [9.17, 15) is 4.79 Å². The first-order valence-corrected chi connectivity index (χ1v) is 7.36. The number of nitriles is 1. The minimum atomic E-state index is -0.333.